The van der Waals surface area contributed by atoms with Crippen molar-refractivity contribution in [1.82, 2.24) is 10.5 Å². The maximum atomic E-state index is 11.8. The lowest BCUT2D eigenvalue weighted by Gasteiger charge is -2.11. The fraction of sp³-hybridized carbons (Fsp3) is 0.385. The third-order valence-electron chi connectivity index (χ3n) is 2.89. The van der Waals surface area contributed by atoms with Crippen LogP contribution in [-0.2, 0) is 6.42 Å². The molecule has 2 amide bonds. The summed E-state index contributed by atoms with van der Waals surface area (Å²) in [6.07, 6.45) is -0.0361. The van der Waals surface area contributed by atoms with Gasteiger partial charge in [-0.3, -0.25) is 0 Å². The molecule has 2 rings (SSSR count). The molecule has 0 saturated heterocycles. The summed E-state index contributed by atoms with van der Waals surface area (Å²) in [5.41, 5.74) is 2.09. The van der Waals surface area contributed by atoms with Gasteiger partial charge in [-0.25, -0.2) is 4.79 Å². The van der Waals surface area contributed by atoms with Crippen molar-refractivity contribution in [3.05, 3.63) is 33.8 Å². The topological polar surface area (TPSA) is 87.4 Å². The lowest BCUT2D eigenvalue weighted by atomic mass is 10.2. The van der Waals surface area contributed by atoms with Crippen LogP contribution in [0.25, 0.3) is 0 Å². The molecule has 0 saturated carbocycles. The number of anilines is 1. The highest BCUT2D eigenvalue weighted by atomic mass is 32.1. The Morgan fingerprint density at radius 2 is 2.40 bits per heavy atom. The van der Waals surface area contributed by atoms with Gasteiger partial charge in [0.2, 0.25) is 0 Å². The fourth-order valence-corrected chi connectivity index (χ4v) is 2.46. The summed E-state index contributed by atoms with van der Waals surface area (Å²) in [6.45, 7) is 3.82. The van der Waals surface area contributed by atoms with Gasteiger partial charge in [0.15, 0.2) is 5.76 Å². The molecular formula is C13H17N3O3S. The van der Waals surface area contributed by atoms with Gasteiger partial charge >= 0.3 is 6.03 Å². The smallest absolute Gasteiger partial charge is 0.319 e. The van der Waals surface area contributed by atoms with E-state index in [1.54, 1.807) is 6.92 Å². The SMILES string of the molecule is CCc1noc(C)c1NC(=O)NCC(O)c1ccsc1. The first-order valence-electron chi connectivity index (χ1n) is 6.32. The Morgan fingerprint density at radius 1 is 1.60 bits per heavy atom. The molecule has 6 nitrogen and oxygen atoms in total. The third-order valence-corrected chi connectivity index (χ3v) is 3.59. The first-order chi connectivity index (χ1) is 9.61. The largest absolute Gasteiger partial charge is 0.387 e. The van der Waals surface area contributed by atoms with Gasteiger partial charge in [0, 0.05) is 6.54 Å². The zero-order valence-corrected chi connectivity index (χ0v) is 12.2. The minimum atomic E-state index is -0.707. The zero-order valence-electron chi connectivity index (χ0n) is 11.3. The maximum Gasteiger partial charge on any atom is 0.319 e. The first kappa shape index (κ1) is 14.5. The van der Waals surface area contributed by atoms with E-state index in [1.807, 2.05) is 23.8 Å². The van der Waals surface area contributed by atoms with Crippen LogP contribution in [0.15, 0.2) is 21.3 Å². The average Bonchev–Trinajstić information content (AvgIpc) is 3.07. The molecule has 0 fully saturated rings. The Kier molecular flexibility index (Phi) is 4.75. The standard InChI is InChI=1S/C13H17N3O3S/c1-3-10-12(8(2)19-16-10)15-13(18)14-6-11(17)9-4-5-20-7-9/h4-5,7,11,17H,3,6H2,1-2H3,(H2,14,15,18). The Labute approximate surface area is 120 Å². The highest BCUT2D eigenvalue weighted by molar-refractivity contribution is 7.07. The fourth-order valence-electron chi connectivity index (χ4n) is 1.75. The van der Waals surface area contributed by atoms with Crippen molar-refractivity contribution in [2.75, 3.05) is 11.9 Å². The molecule has 108 valence electrons. The molecule has 0 bridgehead atoms. The molecule has 0 aliphatic carbocycles. The molecule has 0 aliphatic heterocycles. The van der Waals surface area contributed by atoms with Crippen molar-refractivity contribution in [2.45, 2.75) is 26.4 Å². The van der Waals surface area contributed by atoms with Gasteiger partial charge < -0.3 is 20.3 Å². The molecule has 0 aliphatic rings. The molecule has 20 heavy (non-hydrogen) atoms. The Bertz CT molecular complexity index is 565. The Balaban J connectivity index is 1.88. The number of nitrogens with zero attached hydrogens (tertiary/aromatic N) is 1. The van der Waals surface area contributed by atoms with Crippen molar-refractivity contribution in [1.29, 1.82) is 0 Å². The van der Waals surface area contributed by atoms with E-state index in [4.69, 9.17) is 4.52 Å². The molecule has 2 aromatic rings. The number of hydrogen-bond donors (Lipinski definition) is 3. The van der Waals surface area contributed by atoms with E-state index in [0.717, 1.165) is 5.56 Å². The van der Waals surface area contributed by atoms with E-state index < -0.39 is 6.10 Å². The van der Waals surface area contributed by atoms with Gasteiger partial charge in [0.1, 0.15) is 11.4 Å². The van der Waals surface area contributed by atoms with Crippen LogP contribution in [-0.4, -0.2) is 22.8 Å². The predicted octanol–water partition coefficient (Wildman–Crippen LogP) is 2.46. The summed E-state index contributed by atoms with van der Waals surface area (Å²) in [7, 11) is 0. The second-order valence-corrected chi connectivity index (χ2v) is 5.10. The van der Waals surface area contributed by atoms with Gasteiger partial charge in [-0.2, -0.15) is 11.3 Å². The van der Waals surface area contributed by atoms with E-state index in [-0.39, 0.29) is 12.6 Å². The van der Waals surface area contributed by atoms with Crippen LogP contribution in [0, 0.1) is 6.92 Å². The number of aromatic nitrogens is 1. The van der Waals surface area contributed by atoms with Crippen LogP contribution < -0.4 is 10.6 Å². The van der Waals surface area contributed by atoms with Crippen LogP contribution in [0.1, 0.15) is 30.0 Å². The molecule has 1 atom stereocenters. The number of aliphatic hydroxyl groups is 1. The number of carbonyl (C=O) groups is 1. The summed E-state index contributed by atoms with van der Waals surface area (Å²) in [6, 6.07) is 1.44. The molecular weight excluding hydrogens is 278 g/mol. The highest BCUT2D eigenvalue weighted by Crippen LogP contribution is 2.20. The minimum absolute atomic E-state index is 0.147. The maximum absolute atomic E-state index is 11.8. The van der Waals surface area contributed by atoms with E-state index in [0.29, 0.717) is 23.6 Å². The molecule has 2 aromatic heterocycles. The second-order valence-electron chi connectivity index (χ2n) is 4.32. The van der Waals surface area contributed by atoms with Gasteiger partial charge in [-0.15, -0.1) is 0 Å². The molecule has 0 radical (unpaired) electrons. The van der Waals surface area contributed by atoms with Crippen molar-refractivity contribution in [2.24, 2.45) is 0 Å². The Hall–Kier alpha value is -1.86. The number of aryl methyl sites for hydroxylation is 2. The zero-order chi connectivity index (χ0) is 14.5. The van der Waals surface area contributed by atoms with Crippen LogP contribution in [0.4, 0.5) is 10.5 Å². The van der Waals surface area contributed by atoms with Crippen LogP contribution in [0.3, 0.4) is 0 Å². The quantitative estimate of drug-likeness (QED) is 0.790. The number of aliphatic hydroxyl groups excluding tert-OH is 1. The van der Waals surface area contributed by atoms with Crippen molar-refractivity contribution >= 4 is 23.1 Å². The average molecular weight is 295 g/mol. The van der Waals surface area contributed by atoms with Gasteiger partial charge in [0.05, 0.1) is 6.10 Å². The molecule has 7 heteroatoms. The lowest BCUT2D eigenvalue weighted by Crippen LogP contribution is -2.32. The molecule has 0 aromatic carbocycles. The van der Waals surface area contributed by atoms with E-state index in [1.165, 1.54) is 11.3 Å². The van der Waals surface area contributed by atoms with Crippen molar-refractivity contribution in [3.63, 3.8) is 0 Å². The Morgan fingerprint density at radius 3 is 3.05 bits per heavy atom. The summed E-state index contributed by atoms with van der Waals surface area (Å²) in [5.74, 6) is 0.565. The van der Waals surface area contributed by atoms with Crippen LogP contribution in [0.2, 0.25) is 0 Å². The first-order valence-corrected chi connectivity index (χ1v) is 7.26. The second kappa shape index (κ2) is 6.53. The van der Waals surface area contributed by atoms with Crippen molar-refractivity contribution < 1.29 is 14.4 Å². The summed E-state index contributed by atoms with van der Waals surface area (Å²) in [4.78, 5) is 11.8. The third kappa shape index (κ3) is 3.37. The summed E-state index contributed by atoms with van der Waals surface area (Å²) in [5, 5.41) is 22.8. The van der Waals surface area contributed by atoms with Gasteiger partial charge in [-0.05, 0) is 35.7 Å². The number of amides is 2. The normalized spacial score (nSPS) is 12.2. The number of urea groups is 1. The van der Waals surface area contributed by atoms with Crippen LogP contribution in [0.5, 0.6) is 0 Å². The minimum Gasteiger partial charge on any atom is -0.387 e. The predicted molar refractivity (Wildman–Crippen MR) is 76.9 cm³/mol. The van der Waals surface area contributed by atoms with E-state index >= 15 is 0 Å². The van der Waals surface area contributed by atoms with Gasteiger partial charge in [0.25, 0.3) is 0 Å². The highest BCUT2D eigenvalue weighted by Gasteiger charge is 2.15. The molecule has 1 unspecified atom stereocenters. The van der Waals surface area contributed by atoms with E-state index in [9.17, 15) is 9.90 Å². The number of rotatable bonds is 5. The monoisotopic (exact) mass is 295 g/mol. The molecule has 0 spiro atoms. The summed E-state index contributed by atoms with van der Waals surface area (Å²) < 4.78 is 5.03. The lowest BCUT2D eigenvalue weighted by molar-refractivity contribution is 0.175. The number of nitrogens with one attached hydrogen (secondary N) is 2. The van der Waals surface area contributed by atoms with Gasteiger partial charge in [-0.1, -0.05) is 12.1 Å². The molecule has 2 heterocycles. The molecule has 3 N–H and O–H groups in total. The van der Waals surface area contributed by atoms with Crippen LogP contribution >= 0.6 is 11.3 Å². The number of thiophene rings is 1. The summed E-state index contributed by atoms with van der Waals surface area (Å²) >= 11 is 1.50. The van der Waals surface area contributed by atoms with Crippen molar-refractivity contribution in [3.8, 4) is 0 Å². The number of hydrogen-bond acceptors (Lipinski definition) is 5. The number of carbonyl (C=O) groups excluding carboxylic acids is 1. The van der Waals surface area contributed by atoms with E-state index in [2.05, 4.69) is 15.8 Å².